The Bertz CT molecular complexity index is 646. The number of aliphatic hydroxyl groups is 1. The minimum atomic E-state index is -3.28. The molecule has 0 radical (unpaired) electrons. The first-order valence-electron chi connectivity index (χ1n) is 6.39. The number of aliphatic hydroxyl groups excluding tert-OH is 1. The molecule has 1 aliphatic heterocycles. The molecule has 1 aliphatic rings. The van der Waals surface area contributed by atoms with Gasteiger partial charge in [-0.3, -0.25) is 0 Å². The second kappa shape index (κ2) is 6.35. The lowest BCUT2D eigenvalue weighted by Crippen LogP contribution is -2.37. The van der Waals surface area contributed by atoms with Crippen LogP contribution in [0.15, 0.2) is 18.2 Å². The van der Waals surface area contributed by atoms with Crippen molar-refractivity contribution < 1.29 is 17.9 Å². The summed E-state index contributed by atoms with van der Waals surface area (Å²) in [5.41, 5.74) is 0.866. The maximum atomic E-state index is 13.8. The summed E-state index contributed by atoms with van der Waals surface area (Å²) in [6.45, 7) is 0.185. The number of halogens is 1. The first kappa shape index (κ1) is 15.0. The quantitative estimate of drug-likeness (QED) is 0.832. The minimum Gasteiger partial charge on any atom is -0.384 e. The fraction of sp³-hybridized carbons (Fsp3) is 0.429. The Hall–Kier alpha value is -1.42. The molecular formula is C14H16FNO3S. The Kier molecular flexibility index (Phi) is 4.76. The highest BCUT2D eigenvalue weighted by Crippen LogP contribution is 2.19. The van der Waals surface area contributed by atoms with E-state index in [0.29, 0.717) is 24.1 Å². The van der Waals surface area contributed by atoms with Gasteiger partial charge in [0.2, 0.25) is 10.0 Å². The molecule has 0 bridgehead atoms. The molecule has 4 nitrogen and oxygen atoms in total. The highest BCUT2D eigenvalue weighted by atomic mass is 32.2. The van der Waals surface area contributed by atoms with E-state index in [0.717, 1.165) is 6.42 Å². The molecule has 0 atom stereocenters. The van der Waals surface area contributed by atoms with Gasteiger partial charge < -0.3 is 5.11 Å². The molecule has 2 rings (SSSR count). The number of rotatable bonds is 2. The van der Waals surface area contributed by atoms with Gasteiger partial charge >= 0.3 is 0 Å². The zero-order valence-electron chi connectivity index (χ0n) is 11.0. The zero-order chi connectivity index (χ0) is 14.6. The summed E-state index contributed by atoms with van der Waals surface area (Å²) in [6, 6.07) is 4.31. The van der Waals surface area contributed by atoms with E-state index in [2.05, 4.69) is 11.8 Å². The zero-order valence-corrected chi connectivity index (χ0v) is 11.8. The van der Waals surface area contributed by atoms with Crippen molar-refractivity contribution in [1.29, 1.82) is 0 Å². The van der Waals surface area contributed by atoms with Gasteiger partial charge in [0.1, 0.15) is 12.4 Å². The summed E-state index contributed by atoms with van der Waals surface area (Å²) in [5, 5.41) is 8.65. The van der Waals surface area contributed by atoms with Crippen LogP contribution in [0, 0.1) is 17.7 Å². The lowest BCUT2D eigenvalue weighted by atomic mass is 10.1. The second-order valence-electron chi connectivity index (χ2n) is 4.62. The summed E-state index contributed by atoms with van der Waals surface area (Å²) in [5.74, 6) is 4.85. The molecule has 0 saturated carbocycles. The summed E-state index contributed by atoms with van der Waals surface area (Å²) in [6.07, 6.45) is 1.45. The minimum absolute atomic E-state index is 0.0306. The molecule has 0 aliphatic carbocycles. The third-order valence-corrected chi connectivity index (χ3v) is 5.06. The van der Waals surface area contributed by atoms with E-state index in [4.69, 9.17) is 5.11 Å². The molecule has 20 heavy (non-hydrogen) atoms. The average molecular weight is 297 g/mol. The van der Waals surface area contributed by atoms with E-state index >= 15 is 0 Å². The normalized spacial score (nSPS) is 18.3. The molecule has 0 unspecified atom stereocenters. The fourth-order valence-corrected chi connectivity index (χ4v) is 3.69. The van der Waals surface area contributed by atoms with Crippen LogP contribution in [0.3, 0.4) is 0 Å². The van der Waals surface area contributed by atoms with Crippen LogP contribution in [0.1, 0.15) is 24.0 Å². The highest BCUT2D eigenvalue weighted by molar-refractivity contribution is 7.89. The number of nitrogens with zero attached hydrogens (tertiary/aromatic N) is 1. The van der Waals surface area contributed by atoms with E-state index in [1.165, 1.54) is 22.5 Å². The number of benzene rings is 1. The van der Waals surface area contributed by atoms with Gasteiger partial charge in [-0.25, -0.2) is 12.8 Å². The van der Waals surface area contributed by atoms with Gasteiger partial charge in [-0.2, -0.15) is 4.31 Å². The molecule has 0 amide bonds. The Balaban J connectivity index is 2.24. The fourth-order valence-electron chi connectivity index (χ4n) is 2.12. The van der Waals surface area contributed by atoms with Crippen molar-refractivity contribution in [1.82, 2.24) is 4.31 Å². The van der Waals surface area contributed by atoms with Crippen LogP contribution in [-0.4, -0.2) is 36.7 Å². The number of hydrogen-bond acceptors (Lipinski definition) is 3. The Morgan fingerprint density at radius 3 is 2.85 bits per heavy atom. The lowest BCUT2D eigenvalue weighted by molar-refractivity contribution is 0.350. The van der Waals surface area contributed by atoms with Crippen molar-refractivity contribution >= 4 is 10.0 Å². The highest BCUT2D eigenvalue weighted by Gasteiger charge is 2.26. The van der Waals surface area contributed by atoms with Crippen molar-refractivity contribution in [3.05, 3.63) is 35.1 Å². The van der Waals surface area contributed by atoms with Gasteiger partial charge in [0.25, 0.3) is 0 Å². The molecule has 0 spiro atoms. The SMILES string of the molecule is O=S1(=O)CCCCN1Cc1cc(C#CCO)ccc1F. The summed E-state index contributed by atoms with van der Waals surface area (Å²) < 4.78 is 38.9. The van der Waals surface area contributed by atoms with E-state index in [9.17, 15) is 12.8 Å². The molecule has 108 valence electrons. The molecule has 1 saturated heterocycles. The first-order valence-corrected chi connectivity index (χ1v) is 8.00. The van der Waals surface area contributed by atoms with Crippen LogP contribution in [-0.2, 0) is 16.6 Å². The van der Waals surface area contributed by atoms with Crippen molar-refractivity contribution in [2.45, 2.75) is 19.4 Å². The topological polar surface area (TPSA) is 57.6 Å². The standard InChI is InChI=1S/C14H16FNO3S/c15-14-6-5-12(4-3-8-17)10-13(14)11-16-7-1-2-9-20(16,18)19/h5-6,10,17H,1-2,7-9,11H2. The smallest absolute Gasteiger partial charge is 0.214 e. The summed E-state index contributed by atoms with van der Waals surface area (Å²) in [4.78, 5) is 0. The van der Waals surface area contributed by atoms with Crippen molar-refractivity contribution in [2.24, 2.45) is 0 Å². The van der Waals surface area contributed by atoms with E-state index < -0.39 is 15.8 Å². The molecule has 1 heterocycles. The molecule has 0 aromatic heterocycles. The van der Waals surface area contributed by atoms with Crippen LogP contribution in [0.2, 0.25) is 0 Å². The van der Waals surface area contributed by atoms with Gasteiger partial charge in [-0.05, 0) is 31.0 Å². The van der Waals surface area contributed by atoms with E-state index in [-0.39, 0.29) is 18.9 Å². The molecule has 1 aromatic carbocycles. The molecule has 1 fully saturated rings. The molecular weight excluding hydrogens is 281 g/mol. The first-order chi connectivity index (χ1) is 9.53. The third kappa shape index (κ3) is 3.57. The van der Waals surface area contributed by atoms with Crippen LogP contribution in [0.4, 0.5) is 4.39 Å². The van der Waals surface area contributed by atoms with Gasteiger partial charge in [0, 0.05) is 24.2 Å². The average Bonchev–Trinajstić information content (AvgIpc) is 2.41. The van der Waals surface area contributed by atoms with Gasteiger partial charge in [-0.1, -0.05) is 11.8 Å². The Morgan fingerprint density at radius 1 is 1.35 bits per heavy atom. The van der Waals surface area contributed by atoms with E-state index in [1.807, 2.05) is 0 Å². The maximum absolute atomic E-state index is 13.8. The number of hydrogen-bond donors (Lipinski definition) is 1. The van der Waals surface area contributed by atoms with Gasteiger partial charge in [0.05, 0.1) is 5.75 Å². The molecule has 1 aromatic rings. The summed E-state index contributed by atoms with van der Waals surface area (Å²) in [7, 11) is -3.28. The monoisotopic (exact) mass is 297 g/mol. The van der Waals surface area contributed by atoms with Crippen LogP contribution in [0.5, 0.6) is 0 Å². The van der Waals surface area contributed by atoms with E-state index in [1.54, 1.807) is 0 Å². The predicted molar refractivity (Wildman–Crippen MR) is 73.8 cm³/mol. The molecule has 6 heteroatoms. The Morgan fingerprint density at radius 2 is 2.15 bits per heavy atom. The summed E-state index contributed by atoms with van der Waals surface area (Å²) >= 11 is 0. The maximum Gasteiger partial charge on any atom is 0.214 e. The lowest BCUT2D eigenvalue weighted by Gasteiger charge is -2.26. The second-order valence-corrected chi connectivity index (χ2v) is 6.71. The van der Waals surface area contributed by atoms with Gasteiger partial charge in [0.15, 0.2) is 0 Å². The van der Waals surface area contributed by atoms with Crippen molar-refractivity contribution in [2.75, 3.05) is 18.9 Å². The third-order valence-electron chi connectivity index (χ3n) is 3.16. The largest absolute Gasteiger partial charge is 0.384 e. The Labute approximate surface area is 118 Å². The molecule has 1 N–H and O–H groups in total. The van der Waals surface area contributed by atoms with Gasteiger partial charge in [-0.15, -0.1) is 0 Å². The van der Waals surface area contributed by atoms with Crippen LogP contribution < -0.4 is 0 Å². The van der Waals surface area contributed by atoms with Crippen LogP contribution in [0.25, 0.3) is 0 Å². The van der Waals surface area contributed by atoms with Crippen molar-refractivity contribution in [3.8, 4) is 11.8 Å². The van der Waals surface area contributed by atoms with Crippen LogP contribution >= 0.6 is 0 Å². The van der Waals surface area contributed by atoms with Crippen molar-refractivity contribution in [3.63, 3.8) is 0 Å². The number of sulfonamides is 1. The predicted octanol–water partition coefficient (Wildman–Crippen LogP) is 1.10.